The minimum Gasteiger partial charge on any atom is -0.406 e. The van der Waals surface area contributed by atoms with Crippen molar-refractivity contribution in [3.63, 3.8) is 0 Å². The number of ketones is 2. The van der Waals surface area contributed by atoms with E-state index < -0.39 is 17.9 Å². The van der Waals surface area contributed by atoms with Crippen molar-refractivity contribution in [3.05, 3.63) is 64.8 Å². The third kappa shape index (κ3) is 2.09. The van der Waals surface area contributed by atoms with Crippen LogP contribution in [0.4, 0.5) is 13.2 Å². The summed E-state index contributed by atoms with van der Waals surface area (Å²) in [6.07, 6.45) is -4.84. The van der Waals surface area contributed by atoms with Gasteiger partial charge in [-0.15, -0.1) is 13.2 Å². The lowest BCUT2D eigenvalue weighted by atomic mass is 9.87. The topological polar surface area (TPSA) is 59.2 Å². The van der Waals surface area contributed by atoms with Gasteiger partial charge in [-0.3, -0.25) is 9.59 Å². The fraction of sp³-hybridized carbons (Fsp3) is 0.0588. The molecule has 1 heterocycles. The van der Waals surface area contributed by atoms with Crippen LogP contribution in [0.5, 0.6) is 5.75 Å². The smallest absolute Gasteiger partial charge is 0.406 e. The molecule has 0 atom stereocenters. The van der Waals surface area contributed by atoms with E-state index in [4.69, 9.17) is 0 Å². The maximum absolute atomic E-state index is 12.7. The summed E-state index contributed by atoms with van der Waals surface area (Å²) in [7, 11) is 0. The van der Waals surface area contributed by atoms with Gasteiger partial charge >= 0.3 is 6.36 Å². The molecule has 2 aromatic carbocycles. The molecule has 3 aromatic rings. The summed E-state index contributed by atoms with van der Waals surface area (Å²) in [5.41, 5.74) is 1.05. The predicted octanol–water partition coefficient (Wildman–Crippen LogP) is 3.84. The number of fused-ring (bicyclic) bond motifs is 4. The molecule has 4 rings (SSSR count). The monoisotopic (exact) mass is 331 g/mol. The van der Waals surface area contributed by atoms with E-state index in [1.54, 1.807) is 18.2 Å². The second kappa shape index (κ2) is 4.70. The number of hydrogen-bond acceptors (Lipinski definition) is 3. The maximum atomic E-state index is 12.7. The minimum absolute atomic E-state index is 0.0707. The summed E-state index contributed by atoms with van der Waals surface area (Å²) < 4.78 is 41.1. The van der Waals surface area contributed by atoms with Crippen LogP contribution in [0.25, 0.3) is 10.9 Å². The molecule has 0 bridgehead atoms. The molecule has 120 valence electrons. The Morgan fingerprint density at radius 1 is 0.917 bits per heavy atom. The number of rotatable bonds is 1. The Bertz CT molecular complexity index is 1020. The quantitative estimate of drug-likeness (QED) is 0.576. The van der Waals surface area contributed by atoms with Crippen LogP contribution in [0.1, 0.15) is 32.0 Å². The number of nitrogens with one attached hydrogen (secondary N) is 1. The molecule has 0 radical (unpaired) electrons. The lowest BCUT2D eigenvalue weighted by Crippen LogP contribution is -2.20. The van der Waals surface area contributed by atoms with Gasteiger partial charge in [-0.25, -0.2) is 0 Å². The minimum atomic E-state index is -4.84. The molecule has 0 spiro atoms. The Morgan fingerprint density at radius 2 is 1.58 bits per heavy atom. The molecule has 0 unspecified atom stereocenters. The standard InChI is InChI=1S/C17H8F3NO3/c18-17(19,20)24-8-5-6-12-11(7-8)13-14(21-12)16(23)10-4-2-1-3-9(10)15(13)22/h1-7,21H. The Balaban J connectivity index is 1.93. The third-order valence-corrected chi connectivity index (χ3v) is 3.87. The summed E-state index contributed by atoms with van der Waals surface area (Å²) in [6.45, 7) is 0. The highest BCUT2D eigenvalue weighted by Gasteiger charge is 2.34. The average molecular weight is 331 g/mol. The van der Waals surface area contributed by atoms with Gasteiger partial charge in [-0.05, 0) is 18.2 Å². The number of aromatic amines is 1. The van der Waals surface area contributed by atoms with Crippen molar-refractivity contribution in [1.82, 2.24) is 4.98 Å². The van der Waals surface area contributed by atoms with Gasteiger partial charge in [-0.1, -0.05) is 24.3 Å². The highest BCUT2D eigenvalue weighted by molar-refractivity contribution is 6.32. The van der Waals surface area contributed by atoms with E-state index in [0.717, 1.165) is 12.1 Å². The molecule has 0 fully saturated rings. The molecule has 24 heavy (non-hydrogen) atoms. The van der Waals surface area contributed by atoms with Crippen molar-refractivity contribution >= 4 is 22.5 Å². The van der Waals surface area contributed by atoms with E-state index in [1.807, 2.05) is 0 Å². The molecular formula is C17H8F3NO3. The Hall–Kier alpha value is -3.09. The first-order chi connectivity index (χ1) is 11.3. The van der Waals surface area contributed by atoms with Crippen molar-refractivity contribution in [3.8, 4) is 5.75 Å². The van der Waals surface area contributed by atoms with Crippen molar-refractivity contribution < 1.29 is 27.5 Å². The van der Waals surface area contributed by atoms with Gasteiger partial charge in [0.2, 0.25) is 5.78 Å². The van der Waals surface area contributed by atoms with Crippen LogP contribution in [-0.4, -0.2) is 22.9 Å². The van der Waals surface area contributed by atoms with Crippen molar-refractivity contribution in [1.29, 1.82) is 0 Å². The lowest BCUT2D eigenvalue weighted by molar-refractivity contribution is -0.274. The molecule has 0 aliphatic heterocycles. The van der Waals surface area contributed by atoms with Gasteiger partial charge in [0.1, 0.15) is 5.75 Å². The van der Waals surface area contributed by atoms with Gasteiger partial charge in [-0.2, -0.15) is 0 Å². The number of halogens is 3. The van der Waals surface area contributed by atoms with E-state index >= 15 is 0 Å². The van der Waals surface area contributed by atoms with Crippen LogP contribution in [0.2, 0.25) is 0 Å². The molecule has 4 nitrogen and oxygen atoms in total. The van der Waals surface area contributed by atoms with E-state index in [1.165, 1.54) is 12.1 Å². The predicted molar refractivity (Wildman–Crippen MR) is 78.3 cm³/mol. The second-order valence-electron chi connectivity index (χ2n) is 5.33. The normalized spacial score (nSPS) is 13.8. The zero-order valence-electron chi connectivity index (χ0n) is 11.9. The molecule has 1 aliphatic carbocycles. The van der Waals surface area contributed by atoms with E-state index in [0.29, 0.717) is 5.52 Å². The largest absolute Gasteiger partial charge is 0.573 e. The van der Waals surface area contributed by atoms with E-state index in [-0.39, 0.29) is 33.6 Å². The number of carbonyl (C=O) groups excluding carboxylic acids is 2. The number of H-pyrrole nitrogens is 1. The Kier molecular flexibility index (Phi) is 2.84. The first-order valence-corrected chi connectivity index (χ1v) is 6.95. The Morgan fingerprint density at radius 3 is 2.25 bits per heavy atom. The Labute approximate surface area is 132 Å². The van der Waals surface area contributed by atoms with Crippen molar-refractivity contribution in [2.75, 3.05) is 0 Å². The fourth-order valence-electron chi connectivity index (χ4n) is 2.92. The number of ether oxygens (including phenoxy) is 1. The van der Waals surface area contributed by atoms with Crippen LogP contribution in [0.3, 0.4) is 0 Å². The zero-order chi connectivity index (χ0) is 17.1. The third-order valence-electron chi connectivity index (χ3n) is 3.87. The molecule has 0 amide bonds. The average Bonchev–Trinajstić information content (AvgIpc) is 2.90. The molecule has 0 saturated carbocycles. The summed E-state index contributed by atoms with van der Waals surface area (Å²) in [4.78, 5) is 28.1. The highest BCUT2D eigenvalue weighted by Crippen LogP contribution is 2.35. The number of hydrogen-bond donors (Lipinski definition) is 1. The molecule has 7 heteroatoms. The van der Waals surface area contributed by atoms with Crippen LogP contribution >= 0.6 is 0 Å². The molecule has 0 saturated heterocycles. The van der Waals surface area contributed by atoms with Gasteiger partial charge in [0, 0.05) is 22.0 Å². The number of carbonyl (C=O) groups is 2. The van der Waals surface area contributed by atoms with Gasteiger partial charge < -0.3 is 9.72 Å². The molecular weight excluding hydrogens is 323 g/mol. The lowest BCUT2D eigenvalue weighted by Gasteiger charge is -2.14. The second-order valence-corrected chi connectivity index (χ2v) is 5.33. The van der Waals surface area contributed by atoms with E-state index in [9.17, 15) is 22.8 Å². The first-order valence-electron chi connectivity index (χ1n) is 6.95. The summed E-state index contributed by atoms with van der Waals surface area (Å²) in [5, 5.41) is 0.222. The van der Waals surface area contributed by atoms with Crippen LogP contribution in [0, 0.1) is 0 Å². The molecule has 1 aliphatic rings. The van der Waals surface area contributed by atoms with Crippen LogP contribution in [0.15, 0.2) is 42.5 Å². The summed E-state index contributed by atoms with van der Waals surface area (Å²) >= 11 is 0. The number of alkyl halides is 3. The first kappa shape index (κ1) is 14.5. The van der Waals surface area contributed by atoms with Crippen molar-refractivity contribution in [2.45, 2.75) is 6.36 Å². The SMILES string of the molecule is O=C1c2ccccc2C(=O)c2c1[nH]c1ccc(OC(F)(F)F)cc21. The number of aromatic nitrogens is 1. The zero-order valence-corrected chi connectivity index (χ0v) is 11.9. The summed E-state index contributed by atoms with van der Waals surface area (Å²) in [5.74, 6) is -1.22. The summed E-state index contributed by atoms with van der Waals surface area (Å²) in [6, 6.07) is 9.92. The fourth-order valence-corrected chi connectivity index (χ4v) is 2.92. The van der Waals surface area contributed by atoms with Crippen LogP contribution < -0.4 is 4.74 Å². The maximum Gasteiger partial charge on any atom is 0.573 e. The van der Waals surface area contributed by atoms with Gasteiger partial charge in [0.25, 0.3) is 0 Å². The van der Waals surface area contributed by atoms with Gasteiger partial charge in [0.05, 0.1) is 11.3 Å². The molecule has 1 aromatic heterocycles. The van der Waals surface area contributed by atoms with Crippen LogP contribution in [-0.2, 0) is 0 Å². The number of benzene rings is 2. The van der Waals surface area contributed by atoms with Gasteiger partial charge in [0.15, 0.2) is 5.78 Å². The molecule has 1 N–H and O–H groups in total. The highest BCUT2D eigenvalue weighted by atomic mass is 19.4. The van der Waals surface area contributed by atoms with Crippen molar-refractivity contribution in [2.24, 2.45) is 0 Å². The van der Waals surface area contributed by atoms with E-state index in [2.05, 4.69) is 9.72 Å².